The minimum Gasteiger partial charge on any atom is -0.170 e. The minimum atomic E-state index is -5.33. The first-order valence-electron chi connectivity index (χ1n) is 2.84. The van der Waals surface area contributed by atoms with Crippen LogP contribution in [0.3, 0.4) is 0 Å². The zero-order chi connectivity index (χ0) is 10.2. The second-order valence-electron chi connectivity index (χ2n) is 2.24. The maximum Gasteiger partial charge on any atom is 0.401 e. The van der Waals surface area contributed by atoms with E-state index in [1.807, 2.05) is 0 Å². The fourth-order valence-corrected chi connectivity index (χ4v) is 0.992. The quantitative estimate of drug-likeness (QED) is 0.464. The first kappa shape index (κ1) is 11.9. The third kappa shape index (κ3) is 3.08. The number of hydrogen-bond donors (Lipinski definition) is 0. The smallest absolute Gasteiger partial charge is 0.170 e. The molecule has 0 radical (unpaired) electrons. The van der Waals surface area contributed by atoms with Crippen LogP contribution >= 0.6 is 11.6 Å². The molecule has 1 atom stereocenters. The van der Waals surface area contributed by atoms with Gasteiger partial charge in [0.05, 0.1) is 5.38 Å². The molecule has 74 valence electrons. The molecule has 7 heteroatoms. The lowest BCUT2D eigenvalue weighted by atomic mass is 10.1. The molecular weight excluding hydrogens is 209 g/mol. The van der Waals surface area contributed by atoms with E-state index >= 15 is 0 Å². The largest absolute Gasteiger partial charge is 0.401 e. The Morgan fingerprint density at radius 2 is 1.17 bits per heavy atom. The molecule has 0 saturated heterocycles. The molecule has 0 aromatic rings. The summed E-state index contributed by atoms with van der Waals surface area (Å²) in [7, 11) is 0. The van der Waals surface area contributed by atoms with E-state index in [1.54, 1.807) is 0 Å². The third-order valence-corrected chi connectivity index (χ3v) is 1.42. The van der Waals surface area contributed by atoms with Crippen LogP contribution < -0.4 is 0 Å². The Morgan fingerprint density at radius 3 is 1.17 bits per heavy atom. The Morgan fingerprint density at radius 1 is 0.917 bits per heavy atom. The van der Waals surface area contributed by atoms with Crippen molar-refractivity contribution in [1.29, 1.82) is 0 Å². The SMILES string of the molecule is CC(Cl)C(C(F)(F)F)C(F)(F)F. The summed E-state index contributed by atoms with van der Waals surface area (Å²) in [6.07, 6.45) is -10.7. The molecule has 0 N–H and O–H groups in total. The molecule has 0 aromatic heterocycles. The van der Waals surface area contributed by atoms with Gasteiger partial charge in [-0.1, -0.05) is 0 Å². The van der Waals surface area contributed by atoms with Crippen LogP contribution in [0.15, 0.2) is 0 Å². The Kier molecular flexibility index (Phi) is 3.28. The fourth-order valence-electron chi connectivity index (χ4n) is 0.706. The number of halogens is 7. The van der Waals surface area contributed by atoms with E-state index in [-0.39, 0.29) is 0 Å². The van der Waals surface area contributed by atoms with Crippen molar-refractivity contribution >= 4 is 11.6 Å². The number of alkyl halides is 7. The van der Waals surface area contributed by atoms with E-state index in [0.717, 1.165) is 0 Å². The monoisotopic (exact) mass is 214 g/mol. The molecule has 12 heavy (non-hydrogen) atoms. The van der Waals surface area contributed by atoms with Gasteiger partial charge in [-0.25, -0.2) is 0 Å². The molecule has 0 saturated carbocycles. The van der Waals surface area contributed by atoms with Crippen LogP contribution in [0.25, 0.3) is 0 Å². The Bertz CT molecular complexity index is 131. The molecule has 0 aliphatic rings. The molecule has 0 aliphatic carbocycles. The van der Waals surface area contributed by atoms with Crippen LogP contribution in [0.4, 0.5) is 26.3 Å². The van der Waals surface area contributed by atoms with Gasteiger partial charge in [-0.15, -0.1) is 11.6 Å². The highest BCUT2D eigenvalue weighted by atomic mass is 35.5. The molecular formula is C5H5ClF6. The molecule has 0 nitrogen and oxygen atoms in total. The van der Waals surface area contributed by atoms with Gasteiger partial charge < -0.3 is 0 Å². The van der Waals surface area contributed by atoms with Crippen LogP contribution in [0.1, 0.15) is 6.92 Å². The Labute approximate surface area is 69.5 Å². The predicted molar refractivity (Wildman–Crippen MR) is 30.9 cm³/mol. The van der Waals surface area contributed by atoms with E-state index in [2.05, 4.69) is 0 Å². The zero-order valence-electron chi connectivity index (χ0n) is 5.80. The highest BCUT2D eigenvalue weighted by molar-refractivity contribution is 6.20. The summed E-state index contributed by atoms with van der Waals surface area (Å²) >= 11 is 4.77. The molecule has 0 spiro atoms. The predicted octanol–water partition coefficient (Wildman–Crippen LogP) is 3.35. The normalized spacial score (nSPS) is 16.8. The first-order chi connectivity index (χ1) is 5.07. The van der Waals surface area contributed by atoms with E-state index in [4.69, 9.17) is 11.6 Å². The Hall–Kier alpha value is -0.130. The Balaban J connectivity index is 4.70. The summed E-state index contributed by atoms with van der Waals surface area (Å²) < 4.78 is 70.0. The molecule has 0 fully saturated rings. The second kappa shape index (κ2) is 3.32. The maximum atomic E-state index is 11.7. The van der Waals surface area contributed by atoms with Crippen LogP contribution in [0, 0.1) is 5.92 Å². The van der Waals surface area contributed by atoms with Crippen molar-refractivity contribution in [1.82, 2.24) is 0 Å². The summed E-state index contributed by atoms with van der Waals surface area (Å²) in [6, 6.07) is 0. The molecule has 0 aliphatic heterocycles. The number of hydrogen-bond acceptors (Lipinski definition) is 0. The van der Waals surface area contributed by atoms with Gasteiger partial charge in [-0.3, -0.25) is 0 Å². The van der Waals surface area contributed by atoms with Crippen LogP contribution in [0.5, 0.6) is 0 Å². The van der Waals surface area contributed by atoms with Crippen LogP contribution in [-0.2, 0) is 0 Å². The molecule has 0 aromatic carbocycles. The summed E-state index contributed by atoms with van der Waals surface area (Å²) in [5, 5.41) is -2.01. The lowest BCUT2D eigenvalue weighted by Gasteiger charge is -2.24. The van der Waals surface area contributed by atoms with Gasteiger partial charge >= 0.3 is 12.4 Å². The van der Waals surface area contributed by atoms with E-state index in [9.17, 15) is 26.3 Å². The van der Waals surface area contributed by atoms with Gasteiger partial charge in [0.25, 0.3) is 0 Å². The standard InChI is InChI=1S/C5H5ClF6/c1-2(6)3(4(7,8)9)5(10,11)12/h2-3H,1H3. The summed E-state index contributed by atoms with van der Waals surface area (Å²) in [4.78, 5) is 0. The van der Waals surface area contributed by atoms with Crippen LogP contribution in [-0.4, -0.2) is 17.7 Å². The molecule has 0 rings (SSSR count). The van der Waals surface area contributed by atoms with Crippen molar-refractivity contribution in [3.05, 3.63) is 0 Å². The molecule has 1 unspecified atom stereocenters. The summed E-state index contributed by atoms with van der Waals surface area (Å²) in [6.45, 7) is 0.660. The van der Waals surface area contributed by atoms with Crippen molar-refractivity contribution < 1.29 is 26.3 Å². The van der Waals surface area contributed by atoms with Crippen molar-refractivity contribution in [2.75, 3.05) is 0 Å². The summed E-state index contributed by atoms with van der Waals surface area (Å²) in [5.41, 5.74) is 0. The fraction of sp³-hybridized carbons (Fsp3) is 1.00. The van der Waals surface area contributed by atoms with Crippen molar-refractivity contribution in [3.8, 4) is 0 Å². The van der Waals surface area contributed by atoms with Gasteiger partial charge in [-0.05, 0) is 6.92 Å². The lowest BCUT2D eigenvalue weighted by molar-refractivity contribution is -0.283. The number of rotatable bonds is 1. The van der Waals surface area contributed by atoms with Gasteiger partial charge in [0.1, 0.15) is 0 Å². The third-order valence-electron chi connectivity index (χ3n) is 1.16. The van der Waals surface area contributed by atoms with Gasteiger partial charge in [0.15, 0.2) is 5.92 Å². The van der Waals surface area contributed by atoms with E-state index in [0.29, 0.717) is 6.92 Å². The van der Waals surface area contributed by atoms with Crippen LogP contribution in [0.2, 0.25) is 0 Å². The average Bonchev–Trinajstić information content (AvgIpc) is 1.49. The van der Waals surface area contributed by atoms with E-state index < -0.39 is 23.6 Å². The minimum absolute atomic E-state index is 0.660. The van der Waals surface area contributed by atoms with E-state index in [1.165, 1.54) is 0 Å². The highest BCUT2D eigenvalue weighted by Crippen LogP contribution is 2.42. The lowest BCUT2D eigenvalue weighted by Crippen LogP contribution is -2.41. The molecule has 0 heterocycles. The van der Waals surface area contributed by atoms with Crippen molar-refractivity contribution in [2.24, 2.45) is 5.92 Å². The van der Waals surface area contributed by atoms with Gasteiger partial charge in [0.2, 0.25) is 0 Å². The molecule has 0 bridgehead atoms. The van der Waals surface area contributed by atoms with Crippen molar-refractivity contribution in [3.63, 3.8) is 0 Å². The first-order valence-corrected chi connectivity index (χ1v) is 3.28. The topological polar surface area (TPSA) is 0 Å². The highest BCUT2D eigenvalue weighted by Gasteiger charge is 2.58. The van der Waals surface area contributed by atoms with Gasteiger partial charge in [-0.2, -0.15) is 26.3 Å². The second-order valence-corrected chi connectivity index (χ2v) is 2.93. The average molecular weight is 215 g/mol. The molecule has 0 amide bonds. The van der Waals surface area contributed by atoms with Gasteiger partial charge in [0, 0.05) is 0 Å². The zero-order valence-corrected chi connectivity index (χ0v) is 6.56. The summed E-state index contributed by atoms with van der Waals surface area (Å²) in [5.74, 6) is -3.45. The maximum absolute atomic E-state index is 11.7. The van der Waals surface area contributed by atoms with Crippen molar-refractivity contribution in [2.45, 2.75) is 24.7 Å².